The molecule has 1 aliphatic rings. The van der Waals surface area contributed by atoms with Crippen LogP contribution in [0.2, 0.25) is 0 Å². The molecule has 1 aliphatic heterocycles. The van der Waals surface area contributed by atoms with Gasteiger partial charge in [-0.25, -0.2) is 8.78 Å². The second kappa shape index (κ2) is 10.2. The van der Waals surface area contributed by atoms with Crippen molar-refractivity contribution in [2.24, 2.45) is 5.92 Å². The van der Waals surface area contributed by atoms with Crippen molar-refractivity contribution in [3.63, 3.8) is 0 Å². The summed E-state index contributed by atoms with van der Waals surface area (Å²) in [5.74, 6) is -4.35. The zero-order chi connectivity index (χ0) is 26.0. The molecular weight excluding hydrogens is 468 g/mol. The average Bonchev–Trinajstić information content (AvgIpc) is 2.95. The van der Waals surface area contributed by atoms with Gasteiger partial charge in [-0.3, -0.25) is 14.4 Å². The van der Waals surface area contributed by atoms with Crippen LogP contribution in [-0.2, 0) is 14.4 Å². The second-order valence-corrected chi connectivity index (χ2v) is 8.69. The molecule has 3 atom stereocenters. The topological polar surface area (TPSA) is 98.7 Å². The number of rotatable bonds is 6. The van der Waals surface area contributed by atoms with Crippen LogP contribution in [0, 0.1) is 17.6 Å². The number of hydrogen-bond acceptors (Lipinski definition) is 4. The van der Waals surface area contributed by atoms with Gasteiger partial charge in [0.25, 0.3) is 11.8 Å². The van der Waals surface area contributed by atoms with Crippen molar-refractivity contribution in [1.29, 1.82) is 0 Å². The zero-order valence-corrected chi connectivity index (χ0v) is 19.7. The number of hydrogen-bond donors (Lipinski definition) is 3. The van der Waals surface area contributed by atoms with E-state index in [-0.39, 0.29) is 18.0 Å². The number of carbonyl (C=O) groups excluding carboxylic acids is 3. The SMILES string of the molecule is CC(CNC(=O)[C@@H](O)c1cc(F)cc(F)c1)C(=O)N[C@@H]1C(=O)N(C)c2ccccc2-c2ccccc21. The van der Waals surface area contributed by atoms with Crippen LogP contribution in [-0.4, -0.2) is 36.4 Å². The fourth-order valence-corrected chi connectivity index (χ4v) is 4.18. The summed E-state index contributed by atoms with van der Waals surface area (Å²) in [6.45, 7) is 1.38. The number of anilines is 1. The number of likely N-dealkylation sites (N-methyl/N-ethyl adjacent to an activating group) is 1. The van der Waals surface area contributed by atoms with Gasteiger partial charge in [-0.05, 0) is 34.9 Å². The van der Waals surface area contributed by atoms with E-state index in [1.165, 1.54) is 4.90 Å². The lowest BCUT2D eigenvalue weighted by Crippen LogP contribution is -2.45. The number of aliphatic hydroxyl groups excluding tert-OH is 1. The van der Waals surface area contributed by atoms with Crippen LogP contribution < -0.4 is 15.5 Å². The fraction of sp³-hybridized carbons (Fsp3) is 0.222. The van der Waals surface area contributed by atoms with Gasteiger partial charge >= 0.3 is 0 Å². The summed E-state index contributed by atoms with van der Waals surface area (Å²) in [6.07, 6.45) is -1.81. The van der Waals surface area contributed by atoms with Gasteiger partial charge in [0, 0.05) is 25.2 Å². The summed E-state index contributed by atoms with van der Waals surface area (Å²) >= 11 is 0. The average molecular weight is 494 g/mol. The highest BCUT2D eigenvalue weighted by Gasteiger charge is 2.34. The maximum atomic E-state index is 13.4. The maximum absolute atomic E-state index is 13.4. The van der Waals surface area contributed by atoms with Crippen LogP contribution in [0.5, 0.6) is 0 Å². The van der Waals surface area contributed by atoms with Gasteiger partial charge in [-0.15, -0.1) is 0 Å². The normalized spacial score (nSPS) is 16.3. The van der Waals surface area contributed by atoms with Gasteiger partial charge in [0.15, 0.2) is 6.10 Å². The number of fused-ring (bicyclic) bond motifs is 3. The molecule has 0 spiro atoms. The first-order chi connectivity index (χ1) is 17.2. The zero-order valence-electron chi connectivity index (χ0n) is 19.7. The van der Waals surface area contributed by atoms with Crippen LogP contribution >= 0.6 is 0 Å². The summed E-state index contributed by atoms with van der Waals surface area (Å²) in [7, 11) is 1.65. The Morgan fingerprint density at radius 2 is 1.58 bits per heavy atom. The number of amides is 3. The van der Waals surface area contributed by atoms with Crippen molar-refractivity contribution < 1.29 is 28.3 Å². The van der Waals surface area contributed by atoms with Gasteiger partial charge in [0.1, 0.15) is 17.7 Å². The highest BCUT2D eigenvalue weighted by atomic mass is 19.1. The highest BCUT2D eigenvalue weighted by molar-refractivity contribution is 6.06. The lowest BCUT2D eigenvalue weighted by molar-refractivity contribution is -0.132. The Morgan fingerprint density at radius 3 is 2.28 bits per heavy atom. The minimum atomic E-state index is -1.81. The number of aliphatic hydroxyl groups is 1. The Morgan fingerprint density at radius 1 is 0.972 bits per heavy atom. The van der Waals surface area contributed by atoms with E-state index in [4.69, 9.17) is 0 Å². The molecule has 3 N–H and O–H groups in total. The molecule has 0 saturated carbocycles. The fourth-order valence-electron chi connectivity index (χ4n) is 4.18. The summed E-state index contributed by atoms with van der Waals surface area (Å²) < 4.78 is 26.8. The molecule has 3 amide bonds. The summed E-state index contributed by atoms with van der Waals surface area (Å²) in [4.78, 5) is 40.2. The van der Waals surface area contributed by atoms with Crippen molar-refractivity contribution in [2.45, 2.75) is 19.1 Å². The third kappa shape index (κ3) is 4.96. The van der Waals surface area contributed by atoms with Crippen molar-refractivity contribution in [3.05, 3.63) is 89.5 Å². The van der Waals surface area contributed by atoms with Gasteiger partial charge < -0.3 is 20.6 Å². The standard InChI is InChI=1S/C27H25F2N3O4/c1-15(14-30-26(35)24(33)16-11-17(28)13-18(29)12-16)25(34)31-23-21-9-4-3-7-19(21)20-8-5-6-10-22(20)32(2)27(23)36/h3-13,15,23-24,33H,14H2,1-2H3,(H,30,35)(H,31,34)/t15?,23-,24-/m0/s1. The Bertz CT molecular complexity index is 1310. The van der Waals surface area contributed by atoms with E-state index in [0.29, 0.717) is 11.6 Å². The Hall–Kier alpha value is -4.11. The molecule has 1 heterocycles. The van der Waals surface area contributed by atoms with Crippen molar-refractivity contribution in [2.75, 3.05) is 18.5 Å². The number of para-hydroxylation sites is 1. The van der Waals surface area contributed by atoms with Crippen molar-refractivity contribution in [1.82, 2.24) is 10.6 Å². The molecule has 0 saturated heterocycles. The monoisotopic (exact) mass is 493 g/mol. The number of benzene rings is 3. The molecule has 0 radical (unpaired) electrons. The lowest BCUT2D eigenvalue weighted by Gasteiger charge is -2.24. The Labute approximate surface area is 206 Å². The van der Waals surface area contributed by atoms with Crippen LogP contribution in [0.1, 0.15) is 30.2 Å². The van der Waals surface area contributed by atoms with Crippen molar-refractivity contribution in [3.8, 4) is 11.1 Å². The largest absolute Gasteiger partial charge is 0.378 e. The molecule has 4 rings (SSSR count). The van der Waals surface area contributed by atoms with E-state index in [0.717, 1.165) is 28.9 Å². The molecule has 0 aliphatic carbocycles. The highest BCUT2D eigenvalue weighted by Crippen LogP contribution is 2.39. The predicted molar refractivity (Wildman–Crippen MR) is 130 cm³/mol. The van der Waals surface area contributed by atoms with Crippen LogP contribution in [0.4, 0.5) is 14.5 Å². The molecular formula is C27H25F2N3O4. The number of carbonyl (C=O) groups is 3. The van der Waals surface area contributed by atoms with Gasteiger partial charge in [0.05, 0.1) is 11.6 Å². The van der Waals surface area contributed by atoms with Crippen molar-refractivity contribution >= 4 is 23.4 Å². The molecule has 7 nitrogen and oxygen atoms in total. The molecule has 3 aromatic rings. The van der Waals surface area contributed by atoms with E-state index in [9.17, 15) is 28.3 Å². The first kappa shape index (κ1) is 25.0. The van der Waals surface area contributed by atoms with E-state index >= 15 is 0 Å². The summed E-state index contributed by atoms with van der Waals surface area (Å²) in [5.41, 5.74) is 2.80. The lowest BCUT2D eigenvalue weighted by atomic mass is 9.95. The van der Waals surface area contributed by atoms with Crippen LogP contribution in [0.3, 0.4) is 0 Å². The number of halogens is 2. The third-order valence-electron chi connectivity index (χ3n) is 6.17. The first-order valence-corrected chi connectivity index (χ1v) is 11.4. The summed E-state index contributed by atoms with van der Waals surface area (Å²) in [6, 6.07) is 16.2. The molecule has 9 heteroatoms. The van der Waals surface area contributed by atoms with Crippen LogP contribution in [0.25, 0.3) is 11.1 Å². The van der Waals surface area contributed by atoms with Gasteiger partial charge in [-0.2, -0.15) is 0 Å². The molecule has 0 fully saturated rings. The molecule has 1 unspecified atom stereocenters. The minimum Gasteiger partial charge on any atom is -0.378 e. The van der Waals surface area contributed by atoms with Crippen LogP contribution in [0.15, 0.2) is 66.7 Å². The van der Waals surface area contributed by atoms with E-state index in [2.05, 4.69) is 10.6 Å². The molecule has 186 valence electrons. The molecule has 0 bridgehead atoms. The molecule has 0 aromatic heterocycles. The second-order valence-electron chi connectivity index (χ2n) is 8.69. The molecule has 3 aromatic carbocycles. The Balaban J connectivity index is 1.47. The van der Waals surface area contributed by atoms with E-state index in [1.54, 1.807) is 26.1 Å². The maximum Gasteiger partial charge on any atom is 0.253 e. The van der Waals surface area contributed by atoms with Gasteiger partial charge in [0.2, 0.25) is 5.91 Å². The van der Waals surface area contributed by atoms with Gasteiger partial charge in [-0.1, -0.05) is 49.4 Å². The Kier molecular flexibility index (Phi) is 7.12. The third-order valence-corrected chi connectivity index (χ3v) is 6.17. The smallest absolute Gasteiger partial charge is 0.253 e. The van der Waals surface area contributed by atoms with E-state index in [1.807, 2.05) is 36.4 Å². The molecule has 36 heavy (non-hydrogen) atoms. The predicted octanol–water partition coefficient (Wildman–Crippen LogP) is 3.25. The quantitative estimate of drug-likeness (QED) is 0.491. The van der Waals surface area contributed by atoms with E-state index < -0.39 is 41.5 Å². The number of nitrogens with one attached hydrogen (secondary N) is 2. The first-order valence-electron chi connectivity index (χ1n) is 11.4. The summed E-state index contributed by atoms with van der Waals surface area (Å²) in [5, 5.41) is 15.3. The number of nitrogens with zero attached hydrogens (tertiary/aromatic N) is 1. The minimum absolute atomic E-state index is 0.169.